The first-order valence-corrected chi connectivity index (χ1v) is 8.04. The lowest BCUT2D eigenvalue weighted by Gasteiger charge is -2.05. The van der Waals surface area contributed by atoms with Crippen molar-refractivity contribution in [1.29, 1.82) is 0 Å². The summed E-state index contributed by atoms with van der Waals surface area (Å²) in [6, 6.07) is 7.69. The van der Waals surface area contributed by atoms with Crippen LogP contribution in [0.5, 0.6) is 5.75 Å². The second kappa shape index (κ2) is 4.91. The molecule has 5 nitrogen and oxygen atoms in total. The number of carbonyl (C=O) groups excluding carboxylic acids is 1. The largest absolute Gasteiger partial charge is 0.493 e. The number of hydrogen-bond acceptors (Lipinski definition) is 5. The van der Waals surface area contributed by atoms with Crippen molar-refractivity contribution in [3.63, 3.8) is 0 Å². The van der Waals surface area contributed by atoms with E-state index in [1.807, 2.05) is 28.8 Å². The molecule has 3 aromatic heterocycles. The summed E-state index contributed by atoms with van der Waals surface area (Å²) < 4.78 is 7.24. The molecule has 1 aliphatic rings. The van der Waals surface area contributed by atoms with Gasteiger partial charge in [0.2, 0.25) is 0 Å². The van der Waals surface area contributed by atoms with Crippen LogP contribution in [-0.4, -0.2) is 27.5 Å². The van der Waals surface area contributed by atoms with Crippen molar-refractivity contribution in [3.05, 3.63) is 35.0 Å². The lowest BCUT2D eigenvalue weighted by Crippen LogP contribution is -1.96. The quantitative estimate of drug-likeness (QED) is 0.691. The molecule has 1 fully saturated rings. The summed E-state index contributed by atoms with van der Waals surface area (Å²) in [4.78, 5) is 17.9. The Labute approximate surface area is 131 Å². The molecule has 0 N–H and O–H groups in total. The Morgan fingerprint density at radius 1 is 1.32 bits per heavy atom. The van der Waals surface area contributed by atoms with Gasteiger partial charge in [-0.2, -0.15) is 5.10 Å². The first-order chi connectivity index (χ1) is 10.7. The van der Waals surface area contributed by atoms with Crippen LogP contribution >= 0.6 is 11.3 Å². The van der Waals surface area contributed by atoms with Crippen molar-refractivity contribution < 1.29 is 9.53 Å². The van der Waals surface area contributed by atoms with Crippen LogP contribution < -0.4 is 4.74 Å². The van der Waals surface area contributed by atoms with E-state index in [2.05, 4.69) is 10.1 Å². The van der Waals surface area contributed by atoms with Gasteiger partial charge in [0.05, 0.1) is 22.6 Å². The van der Waals surface area contributed by atoms with Crippen LogP contribution in [0.1, 0.15) is 41.2 Å². The van der Waals surface area contributed by atoms with Crippen LogP contribution in [-0.2, 0) is 0 Å². The molecule has 22 heavy (non-hydrogen) atoms. The first-order valence-electron chi connectivity index (χ1n) is 7.22. The summed E-state index contributed by atoms with van der Waals surface area (Å²) in [5, 5.41) is 4.66. The summed E-state index contributed by atoms with van der Waals surface area (Å²) in [5.41, 5.74) is 1.67. The number of Topliss-reactive ketones (excluding diaryl/α,β-unsaturated/α-hetero) is 1. The fourth-order valence-electron chi connectivity index (χ4n) is 2.48. The number of fused-ring (bicyclic) bond motifs is 1. The highest BCUT2D eigenvalue weighted by Crippen LogP contribution is 2.39. The van der Waals surface area contributed by atoms with Gasteiger partial charge in [-0.15, -0.1) is 11.3 Å². The molecule has 3 aromatic rings. The van der Waals surface area contributed by atoms with E-state index in [-0.39, 0.29) is 5.78 Å². The van der Waals surface area contributed by atoms with E-state index in [0.717, 1.165) is 39.8 Å². The number of ketones is 1. The van der Waals surface area contributed by atoms with E-state index in [4.69, 9.17) is 4.74 Å². The van der Waals surface area contributed by atoms with Crippen molar-refractivity contribution in [2.24, 2.45) is 0 Å². The summed E-state index contributed by atoms with van der Waals surface area (Å²) >= 11 is 1.48. The Bertz CT molecular complexity index is 877. The van der Waals surface area contributed by atoms with Crippen LogP contribution in [0.3, 0.4) is 0 Å². The zero-order valence-corrected chi connectivity index (χ0v) is 13.2. The highest BCUT2D eigenvalue weighted by molar-refractivity contribution is 7.17. The molecule has 0 atom stereocenters. The number of thiophene rings is 1. The first kappa shape index (κ1) is 13.5. The average Bonchev–Trinajstić information content (AvgIpc) is 3.08. The molecule has 0 bridgehead atoms. The topological polar surface area (TPSA) is 56.5 Å². The Balaban J connectivity index is 1.90. The third kappa shape index (κ3) is 2.11. The highest BCUT2D eigenvalue weighted by Gasteiger charge is 2.29. The maximum absolute atomic E-state index is 11.5. The van der Waals surface area contributed by atoms with E-state index in [1.54, 1.807) is 14.0 Å². The number of rotatable bonds is 4. The zero-order valence-electron chi connectivity index (χ0n) is 12.4. The summed E-state index contributed by atoms with van der Waals surface area (Å²) in [7, 11) is 1.64. The number of aromatic nitrogens is 3. The maximum atomic E-state index is 11.5. The number of ether oxygens (including phenoxy) is 1. The fraction of sp³-hybridized carbons (Fsp3) is 0.312. The molecule has 0 radical (unpaired) electrons. The molecular weight excluding hydrogens is 298 g/mol. The highest BCUT2D eigenvalue weighted by atomic mass is 32.1. The predicted molar refractivity (Wildman–Crippen MR) is 84.8 cm³/mol. The molecule has 0 aliphatic heterocycles. The zero-order chi connectivity index (χ0) is 15.3. The molecule has 0 unspecified atom stereocenters. The van der Waals surface area contributed by atoms with E-state index in [0.29, 0.717) is 11.7 Å². The van der Waals surface area contributed by atoms with Gasteiger partial charge < -0.3 is 4.74 Å². The average molecular weight is 313 g/mol. The fourth-order valence-corrected chi connectivity index (χ4v) is 3.39. The van der Waals surface area contributed by atoms with Crippen LogP contribution in [0.25, 0.3) is 16.2 Å². The normalized spacial score (nSPS) is 14.5. The molecule has 1 saturated carbocycles. The van der Waals surface area contributed by atoms with Gasteiger partial charge in [0.15, 0.2) is 23.0 Å². The number of hydrogen-bond donors (Lipinski definition) is 0. The van der Waals surface area contributed by atoms with Crippen molar-refractivity contribution in [1.82, 2.24) is 14.6 Å². The Hall–Kier alpha value is -2.21. The Morgan fingerprint density at radius 2 is 2.14 bits per heavy atom. The van der Waals surface area contributed by atoms with Crippen LogP contribution in [0.2, 0.25) is 0 Å². The molecular formula is C16H15N3O2S. The lowest BCUT2D eigenvalue weighted by atomic mass is 10.3. The number of methoxy groups -OCH3 is 1. The van der Waals surface area contributed by atoms with Gasteiger partial charge >= 0.3 is 0 Å². The molecule has 1 aliphatic carbocycles. The summed E-state index contributed by atoms with van der Waals surface area (Å²) in [6.45, 7) is 1.58. The van der Waals surface area contributed by atoms with Crippen molar-refractivity contribution in [2.45, 2.75) is 25.7 Å². The van der Waals surface area contributed by atoms with Crippen LogP contribution in [0.15, 0.2) is 24.3 Å². The second-order valence-electron chi connectivity index (χ2n) is 5.49. The number of carbonyl (C=O) groups is 1. The van der Waals surface area contributed by atoms with Gasteiger partial charge in [-0.3, -0.25) is 4.79 Å². The summed E-state index contributed by atoms with van der Waals surface area (Å²) in [5.74, 6) is 2.16. The van der Waals surface area contributed by atoms with Gasteiger partial charge in [0.1, 0.15) is 0 Å². The van der Waals surface area contributed by atoms with E-state index in [1.165, 1.54) is 11.3 Å². The smallest absolute Gasteiger partial charge is 0.198 e. The number of nitrogens with zero attached hydrogens (tertiary/aromatic N) is 3. The maximum Gasteiger partial charge on any atom is 0.198 e. The predicted octanol–water partition coefficient (Wildman–Crippen LogP) is 3.55. The summed E-state index contributed by atoms with van der Waals surface area (Å²) in [6.07, 6.45) is 2.31. The third-order valence-corrected chi connectivity index (χ3v) is 5.04. The Kier molecular flexibility index (Phi) is 3.00. The van der Waals surface area contributed by atoms with Crippen LogP contribution in [0, 0.1) is 0 Å². The monoisotopic (exact) mass is 313 g/mol. The second-order valence-corrected chi connectivity index (χ2v) is 6.57. The van der Waals surface area contributed by atoms with Crippen LogP contribution in [0.4, 0.5) is 0 Å². The van der Waals surface area contributed by atoms with E-state index < -0.39 is 0 Å². The molecule has 0 saturated heterocycles. The molecule has 0 aromatic carbocycles. The molecule has 6 heteroatoms. The molecule has 4 rings (SSSR count). The molecule has 0 amide bonds. The van der Waals surface area contributed by atoms with Gasteiger partial charge in [-0.1, -0.05) is 0 Å². The minimum Gasteiger partial charge on any atom is -0.493 e. The minimum atomic E-state index is 0.0817. The molecule has 112 valence electrons. The van der Waals surface area contributed by atoms with Gasteiger partial charge in [0, 0.05) is 5.92 Å². The van der Waals surface area contributed by atoms with Crippen molar-refractivity contribution >= 4 is 22.8 Å². The van der Waals surface area contributed by atoms with E-state index in [9.17, 15) is 4.79 Å². The molecule has 3 heterocycles. The minimum absolute atomic E-state index is 0.0817. The third-order valence-electron chi connectivity index (χ3n) is 3.83. The Morgan fingerprint density at radius 3 is 2.77 bits per heavy atom. The standard InChI is InChI=1S/C16H15N3O2S/c1-9(20)13-7-8-14(22-13)11-5-6-12(21-2)16-17-15(10-3-4-10)18-19(11)16/h5-8,10H,3-4H2,1-2H3. The molecule has 0 spiro atoms. The lowest BCUT2D eigenvalue weighted by molar-refractivity contribution is 0.102. The SMILES string of the molecule is COc1ccc(-c2ccc(C(C)=O)s2)n2nc(C3CC3)nc12. The number of pyridine rings is 1. The van der Waals surface area contributed by atoms with Gasteiger partial charge in [-0.25, -0.2) is 9.50 Å². The van der Waals surface area contributed by atoms with Gasteiger partial charge in [0.25, 0.3) is 0 Å². The van der Waals surface area contributed by atoms with Gasteiger partial charge in [-0.05, 0) is 44.0 Å². The van der Waals surface area contributed by atoms with Crippen molar-refractivity contribution in [3.8, 4) is 16.3 Å². The van der Waals surface area contributed by atoms with E-state index >= 15 is 0 Å². The van der Waals surface area contributed by atoms with Crippen molar-refractivity contribution in [2.75, 3.05) is 7.11 Å².